The second-order valence-corrected chi connectivity index (χ2v) is 7.42. The molecule has 6 nitrogen and oxygen atoms in total. The fourth-order valence-electron chi connectivity index (χ4n) is 3.85. The molecule has 0 radical (unpaired) electrons. The summed E-state index contributed by atoms with van der Waals surface area (Å²) in [7, 11) is 1.70. The number of hydrogen-bond donors (Lipinski definition) is 1. The van der Waals surface area contributed by atoms with Crippen LogP contribution in [0.5, 0.6) is 0 Å². The van der Waals surface area contributed by atoms with Crippen LogP contribution in [0.25, 0.3) is 11.0 Å². The van der Waals surface area contributed by atoms with Gasteiger partial charge in [0.2, 0.25) is 0 Å². The Morgan fingerprint density at radius 3 is 2.89 bits per heavy atom. The van der Waals surface area contributed by atoms with Crippen molar-refractivity contribution < 1.29 is 4.74 Å². The molecule has 3 heterocycles. The number of nitrogens with one attached hydrogen (secondary N) is 1. The number of aromatic amines is 1. The van der Waals surface area contributed by atoms with Crippen LogP contribution < -0.4 is 0 Å². The van der Waals surface area contributed by atoms with E-state index in [9.17, 15) is 0 Å². The van der Waals surface area contributed by atoms with Crippen molar-refractivity contribution in [2.45, 2.75) is 38.6 Å². The van der Waals surface area contributed by atoms with Gasteiger partial charge in [-0.1, -0.05) is 12.1 Å². The van der Waals surface area contributed by atoms with E-state index in [1.807, 2.05) is 12.4 Å². The van der Waals surface area contributed by atoms with E-state index in [0.29, 0.717) is 12.5 Å². The number of rotatable bonds is 6. The Kier molecular flexibility index (Phi) is 5.45. The minimum Gasteiger partial charge on any atom is -0.384 e. The lowest BCUT2D eigenvalue weighted by atomic mass is 9.97. The lowest BCUT2D eigenvalue weighted by molar-refractivity contribution is 0.196. The molecule has 0 aliphatic carbocycles. The Balaban J connectivity index is 1.42. The Bertz CT molecular complexity index is 889. The summed E-state index contributed by atoms with van der Waals surface area (Å²) < 4.78 is 5.08. The van der Waals surface area contributed by atoms with Crippen molar-refractivity contribution >= 4 is 11.0 Å². The molecular weight excluding hydrogens is 338 g/mol. The highest BCUT2D eigenvalue weighted by atomic mass is 16.5. The fraction of sp³-hybridized carbons (Fsp3) is 0.476. The van der Waals surface area contributed by atoms with Crippen molar-refractivity contribution in [3.63, 3.8) is 0 Å². The van der Waals surface area contributed by atoms with Gasteiger partial charge in [-0.15, -0.1) is 0 Å². The first kappa shape index (κ1) is 18.1. The standard InChI is InChI=1S/C21H27N5O/c1-15-5-3-7-18-20(15)25-21(24-18)17-6-4-9-26(14-17)13-16-11-22-19(23-12-16)8-10-27-2/h3,5,7,11-12,17H,4,6,8-10,13-14H2,1-2H3,(H,24,25)/t17-/m1/s1. The summed E-state index contributed by atoms with van der Waals surface area (Å²) in [6.45, 7) is 5.80. The monoisotopic (exact) mass is 365 g/mol. The van der Waals surface area contributed by atoms with Gasteiger partial charge >= 0.3 is 0 Å². The average molecular weight is 365 g/mol. The number of ether oxygens (including phenoxy) is 1. The number of piperidine rings is 1. The Morgan fingerprint density at radius 2 is 2.11 bits per heavy atom. The zero-order valence-electron chi connectivity index (χ0n) is 16.1. The number of para-hydroxylation sites is 1. The Labute approximate surface area is 160 Å². The second-order valence-electron chi connectivity index (χ2n) is 7.42. The molecule has 142 valence electrons. The number of aromatic nitrogens is 4. The number of H-pyrrole nitrogens is 1. The van der Waals surface area contributed by atoms with Crippen LogP contribution in [0, 0.1) is 6.92 Å². The molecule has 1 N–H and O–H groups in total. The van der Waals surface area contributed by atoms with Gasteiger partial charge in [0.05, 0.1) is 17.6 Å². The zero-order valence-corrected chi connectivity index (χ0v) is 16.1. The van der Waals surface area contributed by atoms with Crippen LogP contribution in [0.4, 0.5) is 0 Å². The lowest BCUT2D eigenvalue weighted by Crippen LogP contribution is -2.34. The number of benzene rings is 1. The van der Waals surface area contributed by atoms with E-state index < -0.39 is 0 Å². The number of hydrogen-bond acceptors (Lipinski definition) is 5. The van der Waals surface area contributed by atoms with Gasteiger partial charge in [0.15, 0.2) is 0 Å². The van der Waals surface area contributed by atoms with Gasteiger partial charge in [0.1, 0.15) is 11.6 Å². The summed E-state index contributed by atoms with van der Waals surface area (Å²) in [4.78, 5) is 19.9. The van der Waals surface area contributed by atoms with Crippen LogP contribution in [0.1, 0.15) is 41.5 Å². The number of imidazole rings is 1. The summed E-state index contributed by atoms with van der Waals surface area (Å²) in [6.07, 6.45) is 7.03. The summed E-state index contributed by atoms with van der Waals surface area (Å²) in [5.41, 5.74) is 4.64. The first-order valence-corrected chi connectivity index (χ1v) is 9.69. The van der Waals surface area contributed by atoms with Gasteiger partial charge in [0, 0.05) is 50.5 Å². The van der Waals surface area contributed by atoms with Crippen molar-refractivity contribution in [2.75, 3.05) is 26.8 Å². The van der Waals surface area contributed by atoms with Crippen LogP contribution in [0.15, 0.2) is 30.6 Å². The number of nitrogens with zero attached hydrogens (tertiary/aromatic N) is 4. The molecule has 1 aliphatic rings. The second kappa shape index (κ2) is 8.15. The molecular formula is C21H27N5O. The van der Waals surface area contributed by atoms with Crippen LogP contribution in [0.2, 0.25) is 0 Å². The number of likely N-dealkylation sites (tertiary alicyclic amines) is 1. The number of aryl methyl sites for hydroxylation is 1. The van der Waals surface area contributed by atoms with Crippen LogP contribution in [-0.4, -0.2) is 51.6 Å². The Hall–Kier alpha value is -2.31. The molecule has 1 saturated heterocycles. The van der Waals surface area contributed by atoms with Crippen molar-refractivity contribution in [3.05, 3.63) is 53.4 Å². The minimum absolute atomic E-state index is 0.451. The lowest BCUT2D eigenvalue weighted by Gasteiger charge is -2.31. The van der Waals surface area contributed by atoms with Crippen LogP contribution in [0.3, 0.4) is 0 Å². The van der Waals surface area contributed by atoms with Crippen molar-refractivity contribution in [2.24, 2.45) is 0 Å². The maximum Gasteiger partial charge on any atom is 0.130 e. The molecule has 6 heteroatoms. The molecule has 3 aromatic rings. The molecule has 0 spiro atoms. The largest absolute Gasteiger partial charge is 0.384 e. The van der Waals surface area contributed by atoms with Gasteiger partial charge in [-0.3, -0.25) is 4.90 Å². The van der Waals surface area contributed by atoms with Gasteiger partial charge < -0.3 is 9.72 Å². The molecule has 27 heavy (non-hydrogen) atoms. The predicted octanol–water partition coefficient (Wildman–Crippen LogP) is 3.23. The molecule has 1 fully saturated rings. The van der Waals surface area contributed by atoms with Crippen molar-refractivity contribution in [1.29, 1.82) is 0 Å². The fourth-order valence-corrected chi connectivity index (χ4v) is 3.85. The summed E-state index contributed by atoms with van der Waals surface area (Å²) in [5.74, 6) is 2.41. The van der Waals surface area contributed by atoms with Gasteiger partial charge in [-0.05, 0) is 37.9 Å². The number of fused-ring (bicyclic) bond motifs is 1. The third-order valence-electron chi connectivity index (χ3n) is 5.32. The molecule has 1 aliphatic heterocycles. The molecule has 1 aromatic carbocycles. The van der Waals surface area contributed by atoms with Crippen molar-refractivity contribution in [1.82, 2.24) is 24.8 Å². The summed E-state index contributed by atoms with van der Waals surface area (Å²) >= 11 is 0. The third kappa shape index (κ3) is 4.17. The minimum atomic E-state index is 0.451. The Morgan fingerprint density at radius 1 is 1.26 bits per heavy atom. The average Bonchev–Trinajstić information content (AvgIpc) is 3.14. The van der Waals surface area contributed by atoms with E-state index in [1.54, 1.807) is 7.11 Å². The molecule has 0 amide bonds. The first-order valence-electron chi connectivity index (χ1n) is 9.69. The first-order chi connectivity index (χ1) is 13.2. The number of methoxy groups -OCH3 is 1. The zero-order chi connectivity index (χ0) is 18.6. The highest BCUT2D eigenvalue weighted by Gasteiger charge is 2.24. The smallest absolute Gasteiger partial charge is 0.130 e. The predicted molar refractivity (Wildman–Crippen MR) is 106 cm³/mol. The highest BCUT2D eigenvalue weighted by molar-refractivity contribution is 5.78. The normalized spacial score (nSPS) is 18.2. The molecule has 0 unspecified atom stereocenters. The third-order valence-corrected chi connectivity index (χ3v) is 5.32. The topological polar surface area (TPSA) is 66.9 Å². The van der Waals surface area contributed by atoms with E-state index in [4.69, 9.17) is 9.72 Å². The van der Waals surface area contributed by atoms with Gasteiger partial charge in [0.25, 0.3) is 0 Å². The molecule has 4 rings (SSSR count). The van der Waals surface area contributed by atoms with Crippen molar-refractivity contribution in [3.8, 4) is 0 Å². The molecule has 1 atom stereocenters. The summed E-state index contributed by atoms with van der Waals surface area (Å²) in [5, 5.41) is 0. The maximum absolute atomic E-state index is 5.08. The van der Waals surface area contributed by atoms with Gasteiger partial charge in [-0.2, -0.15) is 0 Å². The molecule has 0 saturated carbocycles. The molecule has 0 bridgehead atoms. The van der Waals surface area contributed by atoms with Gasteiger partial charge in [-0.25, -0.2) is 15.0 Å². The van der Waals surface area contributed by atoms with Crippen LogP contribution >= 0.6 is 0 Å². The quantitative estimate of drug-likeness (QED) is 0.726. The van der Waals surface area contributed by atoms with Crippen LogP contribution in [-0.2, 0) is 17.7 Å². The molecule has 2 aromatic heterocycles. The van der Waals surface area contributed by atoms with E-state index in [2.05, 4.69) is 45.0 Å². The SMILES string of the molecule is COCCc1ncc(CN2CCC[C@@H](c3nc4c(C)cccc4[nH]3)C2)cn1. The highest BCUT2D eigenvalue weighted by Crippen LogP contribution is 2.28. The van der Waals surface area contributed by atoms with E-state index in [1.165, 1.54) is 18.4 Å². The maximum atomic E-state index is 5.08. The van der Waals surface area contributed by atoms with E-state index in [0.717, 1.165) is 54.3 Å². The summed E-state index contributed by atoms with van der Waals surface area (Å²) in [6, 6.07) is 6.32. The van der Waals surface area contributed by atoms with E-state index >= 15 is 0 Å². The van der Waals surface area contributed by atoms with E-state index in [-0.39, 0.29) is 0 Å².